The Labute approximate surface area is 103 Å². The van der Waals surface area contributed by atoms with E-state index in [4.69, 9.17) is 4.74 Å². The first kappa shape index (κ1) is 12.0. The molecule has 0 unspecified atom stereocenters. The molecule has 2 amide bonds. The highest BCUT2D eigenvalue weighted by Crippen LogP contribution is 2.20. The van der Waals surface area contributed by atoms with Gasteiger partial charge in [-0.25, -0.2) is 4.98 Å². The molecule has 0 bridgehead atoms. The summed E-state index contributed by atoms with van der Waals surface area (Å²) >= 11 is 1.45. The summed E-state index contributed by atoms with van der Waals surface area (Å²) in [7, 11) is 0. The molecule has 1 aromatic heterocycles. The summed E-state index contributed by atoms with van der Waals surface area (Å²) in [6.07, 6.45) is 1.68. The Morgan fingerprint density at radius 3 is 2.82 bits per heavy atom. The second-order valence-electron chi connectivity index (χ2n) is 3.53. The number of carbonyl (C=O) groups excluding carboxylic acids is 2. The Kier molecular flexibility index (Phi) is 3.70. The van der Waals surface area contributed by atoms with Gasteiger partial charge in [-0.2, -0.15) is 0 Å². The van der Waals surface area contributed by atoms with Crippen LogP contribution in [0.1, 0.15) is 11.8 Å². The van der Waals surface area contributed by atoms with Crippen molar-refractivity contribution < 1.29 is 14.3 Å². The summed E-state index contributed by atoms with van der Waals surface area (Å²) in [5.41, 5.74) is 0. The molecule has 0 spiro atoms. The molecule has 7 heteroatoms. The van der Waals surface area contributed by atoms with Crippen molar-refractivity contribution in [2.24, 2.45) is 0 Å². The van der Waals surface area contributed by atoms with Gasteiger partial charge < -0.3 is 10.1 Å². The number of morpholine rings is 1. The molecule has 1 fully saturated rings. The number of nitrogens with zero attached hydrogens (tertiary/aromatic N) is 2. The van der Waals surface area contributed by atoms with Gasteiger partial charge in [0.2, 0.25) is 0 Å². The SMILES string of the molecule is CCNc1ncc(CN2C(=O)COCC2=O)s1. The van der Waals surface area contributed by atoms with Crippen LogP contribution in [0.5, 0.6) is 0 Å². The average molecular weight is 255 g/mol. The molecule has 1 N–H and O–H groups in total. The number of hydrogen-bond acceptors (Lipinski definition) is 6. The van der Waals surface area contributed by atoms with Crippen LogP contribution in [0.3, 0.4) is 0 Å². The molecular weight excluding hydrogens is 242 g/mol. The quantitative estimate of drug-likeness (QED) is 0.791. The van der Waals surface area contributed by atoms with E-state index in [-0.39, 0.29) is 31.6 Å². The summed E-state index contributed by atoms with van der Waals surface area (Å²) in [6, 6.07) is 0. The van der Waals surface area contributed by atoms with Gasteiger partial charge in [0, 0.05) is 17.6 Å². The molecule has 2 heterocycles. The van der Waals surface area contributed by atoms with Gasteiger partial charge in [-0.3, -0.25) is 14.5 Å². The fraction of sp³-hybridized carbons (Fsp3) is 0.500. The Balaban J connectivity index is 2.03. The van der Waals surface area contributed by atoms with E-state index in [0.717, 1.165) is 16.6 Å². The minimum absolute atomic E-state index is 0.0232. The van der Waals surface area contributed by atoms with Gasteiger partial charge in [0.05, 0.1) is 6.54 Å². The number of carbonyl (C=O) groups is 2. The molecule has 17 heavy (non-hydrogen) atoms. The summed E-state index contributed by atoms with van der Waals surface area (Å²) in [6.45, 7) is 3.01. The molecule has 92 valence electrons. The highest BCUT2D eigenvalue weighted by Gasteiger charge is 2.27. The minimum Gasteiger partial charge on any atom is -0.362 e. The highest BCUT2D eigenvalue weighted by atomic mass is 32.1. The van der Waals surface area contributed by atoms with Crippen LogP contribution in [-0.4, -0.2) is 41.5 Å². The lowest BCUT2D eigenvalue weighted by molar-refractivity contribution is -0.159. The molecule has 6 nitrogen and oxygen atoms in total. The number of amides is 2. The van der Waals surface area contributed by atoms with Crippen molar-refractivity contribution >= 4 is 28.3 Å². The van der Waals surface area contributed by atoms with Crippen LogP contribution in [-0.2, 0) is 20.9 Å². The summed E-state index contributed by atoms with van der Waals surface area (Å²) in [5, 5.41) is 3.88. The second kappa shape index (κ2) is 5.24. The topological polar surface area (TPSA) is 71.5 Å². The van der Waals surface area contributed by atoms with E-state index in [0.29, 0.717) is 0 Å². The number of thiazole rings is 1. The van der Waals surface area contributed by atoms with Crippen LogP contribution in [0, 0.1) is 0 Å². The standard InChI is InChI=1S/C10H13N3O3S/c1-2-11-10-12-3-7(17-10)4-13-8(14)5-16-6-9(13)15/h3H,2,4-6H2,1H3,(H,11,12). The van der Waals surface area contributed by atoms with Crippen LogP contribution in [0.15, 0.2) is 6.20 Å². The smallest absolute Gasteiger partial charge is 0.255 e. The van der Waals surface area contributed by atoms with E-state index in [1.54, 1.807) is 6.20 Å². The fourth-order valence-electron chi connectivity index (χ4n) is 1.47. The number of rotatable bonds is 4. The van der Waals surface area contributed by atoms with Crippen molar-refractivity contribution in [3.8, 4) is 0 Å². The van der Waals surface area contributed by atoms with E-state index < -0.39 is 0 Å². The first-order valence-corrected chi connectivity index (χ1v) is 6.12. The summed E-state index contributed by atoms with van der Waals surface area (Å²) in [4.78, 5) is 29.2. The molecule has 0 radical (unpaired) electrons. The fourth-order valence-corrected chi connectivity index (χ4v) is 2.34. The maximum Gasteiger partial charge on any atom is 0.255 e. The third-order valence-corrected chi connectivity index (χ3v) is 3.19. The predicted molar refractivity (Wildman–Crippen MR) is 62.7 cm³/mol. The molecule has 1 saturated heterocycles. The van der Waals surface area contributed by atoms with Crippen molar-refractivity contribution in [1.29, 1.82) is 0 Å². The van der Waals surface area contributed by atoms with Crippen LogP contribution >= 0.6 is 11.3 Å². The zero-order chi connectivity index (χ0) is 12.3. The minimum atomic E-state index is -0.292. The van der Waals surface area contributed by atoms with Crippen molar-refractivity contribution in [2.45, 2.75) is 13.5 Å². The van der Waals surface area contributed by atoms with E-state index in [1.807, 2.05) is 6.92 Å². The van der Waals surface area contributed by atoms with Gasteiger partial charge >= 0.3 is 0 Å². The Bertz CT molecular complexity index is 416. The van der Waals surface area contributed by atoms with Gasteiger partial charge in [-0.15, -0.1) is 11.3 Å². The first-order valence-electron chi connectivity index (χ1n) is 5.30. The number of imide groups is 1. The average Bonchev–Trinajstić information content (AvgIpc) is 2.72. The number of ether oxygens (including phenoxy) is 1. The van der Waals surface area contributed by atoms with Gasteiger partial charge in [0.15, 0.2) is 5.13 Å². The van der Waals surface area contributed by atoms with Gasteiger partial charge in [-0.05, 0) is 6.92 Å². The van der Waals surface area contributed by atoms with Gasteiger partial charge in [0.25, 0.3) is 11.8 Å². The predicted octanol–water partition coefficient (Wildman–Crippen LogP) is 0.460. The van der Waals surface area contributed by atoms with Gasteiger partial charge in [-0.1, -0.05) is 0 Å². The van der Waals surface area contributed by atoms with E-state index in [9.17, 15) is 9.59 Å². The summed E-state index contributed by atoms with van der Waals surface area (Å²) in [5.74, 6) is -0.584. The van der Waals surface area contributed by atoms with E-state index >= 15 is 0 Å². The lowest BCUT2D eigenvalue weighted by atomic mass is 10.3. The summed E-state index contributed by atoms with van der Waals surface area (Å²) < 4.78 is 4.84. The van der Waals surface area contributed by atoms with Crippen molar-refractivity contribution in [3.63, 3.8) is 0 Å². The molecular formula is C10H13N3O3S. The molecule has 2 rings (SSSR count). The van der Waals surface area contributed by atoms with E-state index in [1.165, 1.54) is 16.2 Å². The number of aromatic nitrogens is 1. The lowest BCUT2D eigenvalue weighted by Gasteiger charge is -2.23. The molecule has 0 atom stereocenters. The van der Waals surface area contributed by atoms with E-state index in [2.05, 4.69) is 10.3 Å². The first-order chi connectivity index (χ1) is 8.20. The monoisotopic (exact) mass is 255 g/mol. The van der Waals surface area contributed by atoms with Gasteiger partial charge in [0.1, 0.15) is 13.2 Å². The lowest BCUT2D eigenvalue weighted by Crippen LogP contribution is -2.45. The second-order valence-corrected chi connectivity index (χ2v) is 4.64. The van der Waals surface area contributed by atoms with Crippen LogP contribution in [0.2, 0.25) is 0 Å². The van der Waals surface area contributed by atoms with Crippen LogP contribution < -0.4 is 5.32 Å². The molecule has 0 aromatic carbocycles. The largest absolute Gasteiger partial charge is 0.362 e. The number of hydrogen-bond donors (Lipinski definition) is 1. The zero-order valence-corrected chi connectivity index (χ0v) is 10.2. The Morgan fingerprint density at radius 2 is 2.18 bits per heavy atom. The van der Waals surface area contributed by atoms with Crippen LogP contribution in [0.4, 0.5) is 5.13 Å². The maximum atomic E-state index is 11.5. The third-order valence-electron chi connectivity index (χ3n) is 2.25. The number of anilines is 1. The van der Waals surface area contributed by atoms with Crippen molar-refractivity contribution in [3.05, 3.63) is 11.1 Å². The number of nitrogens with one attached hydrogen (secondary N) is 1. The van der Waals surface area contributed by atoms with Crippen molar-refractivity contribution in [2.75, 3.05) is 25.1 Å². The van der Waals surface area contributed by atoms with Crippen LogP contribution in [0.25, 0.3) is 0 Å². The normalized spacial score (nSPS) is 16.4. The zero-order valence-electron chi connectivity index (χ0n) is 9.43. The molecule has 1 aromatic rings. The third kappa shape index (κ3) is 2.80. The molecule has 0 aliphatic carbocycles. The Morgan fingerprint density at radius 1 is 1.47 bits per heavy atom. The highest BCUT2D eigenvalue weighted by molar-refractivity contribution is 7.15. The molecule has 1 aliphatic rings. The molecule has 1 aliphatic heterocycles. The molecule has 0 saturated carbocycles. The Hall–Kier alpha value is -1.47. The maximum absolute atomic E-state index is 11.5. The van der Waals surface area contributed by atoms with Crippen molar-refractivity contribution in [1.82, 2.24) is 9.88 Å².